The zero-order valence-corrected chi connectivity index (χ0v) is 21.7. The van der Waals surface area contributed by atoms with Crippen molar-refractivity contribution in [2.24, 2.45) is 0 Å². The Morgan fingerprint density at radius 2 is 0.625 bits per heavy atom. The second-order valence-electron chi connectivity index (χ2n) is 8.79. The smallest absolute Gasteiger partial charge is 0.209 e. The summed E-state index contributed by atoms with van der Waals surface area (Å²) in [5.41, 5.74) is -23.6. The van der Waals surface area contributed by atoms with Gasteiger partial charge in [-0.3, -0.25) is 0 Å². The van der Waals surface area contributed by atoms with Crippen molar-refractivity contribution in [3.8, 4) is 18.2 Å². The molecule has 3 aromatic heterocycles. The van der Waals surface area contributed by atoms with Crippen molar-refractivity contribution in [2.45, 2.75) is 12.4 Å². The van der Waals surface area contributed by atoms with Crippen molar-refractivity contribution in [3.63, 3.8) is 0 Å². The first-order valence-electron chi connectivity index (χ1n) is 11.5. The maximum absolute atomic E-state index is 15.0. The second kappa shape index (κ2) is 11.7. The highest BCUT2D eigenvalue weighted by Gasteiger charge is 2.48. The third kappa shape index (κ3) is 5.42. The average Bonchev–Trinajstić information content (AvgIpc) is 3.70. The van der Waals surface area contributed by atoms with Crippen LogP contribution in [0, 0.1) is 92.7 Å². The molecule has 246 valence electrons. The summed E-state index contributed by atoms with van der Waals surface area (Å²) in [6.45, 7) is 0. The number of nitrogens with zero attached hydrogens (tertiary/aromatic N) is 6. The third-order valence-corrected chi connectivity index (χ3v) is 6.13. The van der Waals surface area contributed by atoms with E-state index in [2.05, 4.69) is 4.98 Å². The first kappa shape index (κ1) is 34.9. The molecule has 48 heavy (non-hydrogen) atoms. The van der Waals surface area contributed by atoms with E-state index in [9.17, 15) is 77.3 Å². The van der Waals surface area contributed by atoms with Crippen LogP contribution in [0.5, 0.6) is 0 Å². The molecule has 1 saturated carbocycles. The van der Waals surface area contributed by atoms with Crippen molar-refractivity contribution in [2.75, 3.05) is 0 Å². The molecule has 0 bridgehead atoms. The lowest BCUT2D eigenvalue weighted by atomic mass is 10.0. The maximum Gasteiger partial charge on any atom is 0.436 e. The van der Waals surface area contributed by atoms with Gasteiger partial charge in [0.1, 0.15) is 18.2 Å². The largest absolute Gasteiger partial charge is 0.436 e. The Hall–Kier alpha value is -5.98. The normalized spacial score (nSPS) is 16.2. The number of hydrogen-bond acceptors (Lipinski definition) is 6. The van der Waals surface area contributed by atoms with Crippen molar-refractivity contribution in [1.29, 1.82) is 15.8 Å². The van der Waals surface area contributed by atoms with Crippen LogP contribution in [0.25, 0.3) is 16.7 Å². The summed E-state index contributed by atoms with van der Waals surface area (Å²) in [4.78, 5) is 6.14. The zero-order chi connectivity index (χ0) is 36.4. The average molecular weight is 700 g/mol. The first-order valence-corrected chi connectivity index (χ1v) is 11.5. The van der Waals surface area contributed by atoms with Gasteiger partial charge in [0.25, 0.3) is 11.9 Å². The molecule has 0 saturated heterocycles. The standard InChI is InChI=1S/C26F16N6/c27-13-10(15(29)21(33)46-19(13)25(37,38)39)4(1-43)7-8(9(7)6(3-45)12-17(31)23(35)48-24(36)18(12)32)5(2-44)11-14(28)20(26(40,41)42)47-22(34)16(11)30/b7-4-,8-5+,9-6?. The molecule has 0 unspecified atom stereocenters. The molecular weight excluding hydrogens is 700 g/mol. The van der Waals surface area contributed by atoms with Crippen LogP contribution in [0.1, 0.15) is 28.1 Å². The predicted octanol–water partition coefficient (Wildman–Crippen LogP) is 7.55. The summed E-state index contributed by atoms with van der Waals surface area (Å²) in [5.74, 6) is -27.2. The van der Waals surface area contributed by atoms with Crippen molar-refractivity contribution < 1.29 is 70.2 Å². The zero-order valence-electron chi connectivity index (χ0n) is 21.7. The van der Waals surface area contributed by atoms with E-state index in [1.807, 2.05) is 9.97 Å². The van der Waals surface area contributed by atoms with Gasteiger partial charge < -0.3 is 0 Å². The monoisotopic (exact) mass is 700 g/mol. The summed E-state index contributed by atoms with van der Waals surface area (Å²) in [6.07, 6.45) is -11.9. The Balaban J connectivity index is 2.36. The van der Waals surface area contributed by atoms with Gasteiger partial charge >= 0.3 is 12.4 Å². The maximum atomic E-state index is 15.0. The lowest BCUT2D eigenvalue weighted by molar-refractivity contribution is -0.145. The lowest BCUT2D eigenvalue weighted by Crippen LogP contribution is -2.16. The van der Waals surface area contributed by atoms with E-state index in [0.717, 1.165) is 18.2 Å². The van der Waals surface area contributed by atoms with Gasteiger partial charge in [-0.25, -0.2) is 36.3 Å². The molecule has 1 fully saturated rings. The number of nitriles is 3. The molecule has 4 rings (SSSR count). The number of rotatable bonds is 3. The van der Waals surface area contributed by atoms with Crippen LogP contribution >= 0.6 is 0 Å². The van der Waals surface area contributed by atoms with Gasteiger partial charge in [-0.05, 0) is 0 Å². The third-order valence-electron chi connectivity index (χ3n) is 6.13. The summed E-state index contributed by atoms with van der Waals surface area (Å²) in [7, 11) is 0. The Morgan fingerprint density at radius 1 is 0.396 bits per heavy atom. The molecule has 3 aromatic rings. The van der Waals surface area contributed by atoms with Crippen molar-refractivity contribution >= 4 is 16.7 Å². The summed E-state index contributed by atoms with van der Waals surface area (Å²) >= 11 is 0. The molecule has 6 nitrogen and oxygen atoms in total. The van der Waals surface area contributed by atoms with Gasteiger partial charge in [-0.15, -0.1) is 0 Å². The van der Waals surface area contributed by atoms with Crippen LogP contribution in [-0.4, -0.2) is 15.0 Å². The number of pyridine rings is 3. The van der Waals surface area contributed by atoms with Crippen LogP contribution in [0.2, 0.25) is 0 Å². The highest BCUT2D eigenvalue weighted by molar-refractivity contribution is 6.12. The lowest BCUT2D eigenvalue weighted by Gasteiger charge is -2.11. The van der Waals surface area contributed by atoms with Crippen molar-refractivity contribution in [1.82, 2.24) is 15.0 Å². The molecule has 3 heterocycles. The van der Waals surface area contributed by atoms with Gasteiger partial charge in [-0.1, -0.05) is 0 Å². The molecule has 0 aromatic carbocycles. The minimum atomic E-state index is -5.97. The predicted molar refractivity (Wildman–Crippen MR) is 120 cm³/mol. The summed E-state index contributed by atoms with van der Waals surface area (Å²) in [6, 6.07) is 2.36. The topological polar surface area (TPSA) is 110 Å². The quantitative estimate of drug-likeness (QED) is 0.159. The molecular formula is C26F16N6. The number of alkyl halides is 6. The number of halogens is 16. The van der Waals surface area contributed by atoms with Crippen LogP contribution < -0.4 is 0 Å². The molecule has 0 aliphatic heterocycles. The Bertz CT molecular complexity index is 2050. The van der Waals surface area contributed by atoms with E-state index < -0.39 is 133 Å². The second-order valence-corrected chi connectivity index (χ2v) is 8.79. The molecule has 1 aliphatic rings. The van der Waals surface area contributed by atoms with Gasteiger partial charge in [-0.2, -0.15) is 64.7 Å². The summed E-state index contributed by atoms with van der Waals surface area (Å²) < 4.78 is 225. The van der Waals surface area contributed by atoms with E-state index in [1.165, 1.54) is 0 Å². The Morgan fingerprint density at radius 3 is 0.854 bits per heavy atom. The van der Waals surface area contributed by atoms with Gasteiger partial charge in [0.2, 0.25) is 11.9 Å². The molecule has 0 atom stereocenters. The minimum absolute atomic E-state index is 0.766. The molecule has 22 heteroatoms. The Kier molecular flexibility index (Phi) is 8.48. The number of hydrogen-bond donors (Lipinski definition) is 0. The fourth-order valence-electron chi connectivity index (χ4n) is 4.20. The van der Waals surface area contributed by atoms with Gasteiger partial charge in [0, 0.05) is 16.7 Å². The van der Waals surface area contributed by atoms with E-state index in [0.29, 0.717) is 0 Å². The van der Waals surface area contributed by atoms with Crippen LogP contribution in [0.3, 0.4) is 0 Å². The van der Waals surface area contributed by atoms with Crippen LogP contribution in [0.4, 0.5) is 70.2 Å². The van der Waals surface area contributed by atoms with E-state index in [-0.39, 0.29) is 0 Å². The minimum Gasteiger partial charge on any atom is -0.209 e. The molecule has 0 radical (unpaired) electrons. The first-order chi connectivity index (χ1) is 22.1. The SMILES string of the molecule is N#CC(=C1C(=C(\C#N)c2c(F)c(F)nc(C(F)(F)F)c2F)/C1=C(\C#N)c1c(F)c(F)nc(C(F)(F)F)c1F)c1c(F)c(F)nc(F)c1F. The Labute approximate surface area is 252 Å². The van der Waals surface area contributed by atoms with Crippen LogP contribution in [-0.2, 0) is 12.4 Å². The van der Waals surface area contributed by atoms with E-state index in [4.69, 9.17) is 0 Å². The summed E-state index contributed by atoms with van der Waals surface area (Å²) in [5, 5.41) is 29.0. The van der Waals surface area contributed by atoms with E-state index >= 15 is 8.78 Å². The van der Waals surface area contributed by atoms with Gasteiger partial charge in [0.05, 0.1) is 33.4 Å². The van der Waals surface area contributed by atoms with Crippen molar-refractivity contribution in [3.05, 3.63) is 103 Å². The highest BCUT2D eigenvalue weighted by Crippen LogP contribution is 2.57. The van der Waals surface area contributed by atoms with E-state index in [1.54, 1.807) is 0 Å². The molecule has 1 aliphatic carbocycles. The fourth-order valence-corrected chi connectivity index (χ4v) is 4.20. The number of allylic oxidation sites excluding steroid dienone is 6. The van der Waals surface area contributed by atoms with Crippen LogP contribution in [0.15, 0.2) is 16.7 Å². The van der Waals surface area contributed by atoms with Gasteiger partial charge in [0.15, 0.2) is 46.3 Å². The number of aromatic nitrogens is 3. The molecule has 0 amide bonds. The highest BCUT2D eigenvalue weighted by atomic mass is 19.4. The molecule has 0 N–H and O–H groups in total. The molecule has 0 spiro atoms. The fraction of sp³-hybridized carbons (Fsp3) is 0.0769.